The van der Waals surface area contributed by atoms with Crippen molar-refractivity contribution in [2.24, 2.45) is 0 Å². The van der Waals surface area contributed by atoms with Crippen molar-refractivity contribution in [2.75, 3.05) is 0 Å². The maximum atomic E-state index is 11.3. The van der Waals surface area contributed by atoms with Gasteiger partial charge in [0.25, 0.3) is 5.56 Å². The van der Waals surface area contributed by atoms with E-state index in [1.807, 2.05) is 13.8 Å². The molecular weight excluding hydrogens is 224 g/mol. The minimum atomic E-state index is -0.315. The summed E-state index contributed by atoms with van der Waals surface area (Å²) in [6.07, 6.45) is 1.24. The third-order valence-corrected chi connectivity index (χ3v) is 2.16. The maximum absolute atomic E-state index is 11.3. The first-order valence-electron chi connectivity index (χ1n) is 3.50. The number of rotatable bonds is 1. The molecule has 0 amide bonds. The first-order chi connectivity index (χ1) is 5.54. The molecule has 0 fully saturated rings. The molecule has 0 atom stereocenters. The first-order valence-corrected chi connectivity index (χ1v) is 4.29. The lowest BCUT2D eigenvalue weighted by molar-refractivity contribution is 0.441. The van der Waals surface area contributed by atoms with Crippen molar-refractivity contribution in [3.05, 3.63) is 21.0 Å². The highest BCUT2D eigenvalue weighted by molar-refractivity contribution is 9.10. The van der Waals surface area contributed by atoms with E-state index in [-0.39, 0.29) is 21.8 Å². The average Bonchev–Trinajstić information content (AvgIpc) is 2.00. The Labute approximate surface area is 78.0 Å². The van der Waals surface area contributed by atoms with Gasteiger partial charge in [0, 0.05) is 0 Å². The van der Waals surface area contributed by atoms with Crippen molar-refractivity contribution in [1.29, 1.82) is 0 Å². The van der Waals surface area contributed by atoms with E-state index in [1.54, 1.807) is 0 Å². The molecule has 1 aromatic rings. The monoisotopic (exact) mass is 232 g/mol. The van der Waals surface area contributed by atoms with Crippen molar-refractivity contribution in [1.82, 2.24) is 9.78 Å². The van der Waals surface area contributed by atoms with Crippen LogP contribution in [0.4, 0.5) is 0 Å². The molecule has 4 nitrogen and oxygen atoms in total. The minimum Gasteiger partial charge on any atom is -0.505 e. The number of aromatic hydroxyl groups is 1. The normalized spacial score (nSPS) is 10.7. The molecule has 0 aliphatic rings. The SMILES string of the molecule is CC(C)n1ncc(O)c(Br)c1=O. The van der Waals surface area contributed by atoms with Crippen LogP contribution in [0.1, 0.15) is 19.9 Å². The fourth-order valence-electron chi connectivity index (χ4n) is 0.804. The molecule has 66 valence electrons. The molecule has 0 radical (unpaired) electrons. The van der Waals surface area contributed by atoms with Crippen LogP contribution in [0.2, 0.25) is 0 Å². The molecule has 0 saturated heterocycles. The van der Waals surface area contributed by atoms with Crippen molar-refractivity contribution in [3.8, 4) is 5.75 Å². The lowest BCUT2D eigenvalue weighted by Crippen LogP contribution is -2.24. The summed E-state index contributed by atoms with van der Waals surface area (Å²) in [4.78, 5) is 11.3. The predicted molar refractivity (Wildman–Crippen MR) is 48.2 cm³/mol. The summed E-state index contributed by atoms with van der Waals surface area (Å²) in [5.41, 5.74) is -0.315. The molecule has 0 unspecified atom stereocenters. The van der Waals surface area contributed by atoms with Crippen LogP contribution in [0.25, 0.3) is 0 Å². The van der Waals surface area contributed by atoms with Gasteiger partial charge in [-0.25, -0.2) is 4.68 Å². The second kappa shape index (κ2) is 3.26. The van der Waals surface area contributed by atoms with Crippen LogP contribution in [0.15, 0.2) is 15.5 Å². The highest BCUT2D eigenvalue weighted by Gasteiger charge is 2.08. The Bertz CT molecular complexity index is 346. The molecule has 0 bridgehead atoms. The second-order valence-electron chi connectivity index (χ2n) is 2.69. The smallest absolute Gasteiger partial charge is 0.285 e. The van der Waals surface area contributed by atoms with Crippen molar-refractivity contribution >= 4 is 15.9 Å². The number of nitrogens with zero attached hydrogens (tertiary/aromatic N) is 2. The van der Waals surface area contributed by atoms with E-state index >= 15 is 0 Å². The van der Waals surface area contributed by atoms with Crippen LogP contribution >= 0.6 is 15.9 Å². The molecule has 0 spiro atoms. The number of hydrogen-bond acceptors (Lipinski definition) is 3. The van der Waals surface area contributed by atoms with Gasteiger partial charge < -0.3 is 5.11 Å². The summed E-state index contributed by atoms with van der Waals surface area (Å²) >= 11 is 2.97. The molecule has 1 N–H and O–H groups in total. The van der Waals surface area contributed by atoms with Gasteiger partial charge in [0.2, 0.25) is 0 Å². The van der Waals surface area contributed by atoms with E-state index in [0.717, 1.165) is 0 Å². The standard InChI is InChI=1S/C7H9BrN2O2/c1-4(2)10-7(12)6(8)5(11)3-9-10/h3-4,11H,1-2H3. The molecule has 1 rings (SSSR count). The lowest BCUT2D eigenvalue weighted by atomic mass is 10.4. The topological polar surface area (TPSA) is 55.1 Å². The van der Waals surface area contributed by atoms with Gasteiger partial charge in [-0.05, 0) is 29.8 Å². The summed E-state index contributed by atoms with van der Waals surface area (Å²) in [6.45, 7) is 3.69. The van der Waals surface area contributed by atoms with Crippen LogP contribution in [0.3, 0.4) is 0 Å². The Hall–Kier alpha value is -0.840. The lowest BCUT2D eigenvalue weighted by Gasteiger charge is -2.07. The van der Waals surface area contributed by atoms with E-state index in [9.17, 15) is 4.79 Å². The second-order valence-corrected chi connectivity index (χ2v) is 3.48. The predicted octanol–water partition coefficient (Wildman–Crippen LogP) is 1.29. The average molecular weight is 233 g/mol. The summed E-state index contributed by atoms with van der Waals surface area (Å²) in [5.74, 6) is -0.128. The van der Waals surface area contributed by atoms with Gasteiger partial charge in [0.1, 0.15) is 4.47 Å². The highest BCUT2D eigenvalue weighted by Crippen LogP contribution is 2.16. The van der Waals surface area contributed by atoms with Crippen molar-refractivity contribution in [3.63, 3.8) is 0 Å². The van der Waals surface area contributed by atoms with Gasteiger partial charge in [-0.3, -0.25) is 4.79 Å². The van der Waals surface area contributed by atoms with Gasteiger partial charge in [0.15, 0.2) is 5.75 Å². The molecule has 5 heteroatoms. The van der Waals surface area contributed by atoms with E-state index < -0.39 is 0 Å². The summed E-state index contributed by atoms with van der Waals surface area (Å²) in [5, 5.41) is 12.8. The van der Waals surface area contributed by atoms with Crippen LogP contribution in [0, 0.1) is 0 Å². The Morgan fingerprint density at radius 3 is 2.75 bits per heavy atom. The van der Waals surface area contributed by atoms with E-state index in [1.165, 1.54) is 10.9 Å². The van der Waals surface area contributed by atoms with Gasteiger partial charge in [0.05, 0.1) is 12.2 Å². The Morgan fingerprint density at radius 2 is 2.25 bits per heavy atom. The Morgan fingerprint density at radius 1 is 1.67 bits per heavy atom. The largest absolute Gasteiger partial charge is 0.505 e. The zero-order valence-electron chi connectivity index (χ0n) is 6.78. The number of halogens is 1. The zero-order valence-corrected chi connectivity index (χ0v) is 8.37. The van der Waals surface area contributed by atoms with Gasteiger partial charge in [-0.1, -0.05) is 0 Å². The molecule has 1 heterocycles. The third kappa shape index (κ3) is 1.50. The molecule has 1 aromatic heterocycles. The molecule has 0 aromatic carbocycles. The quantitative estimate of drug-likeness (QED) is 0.795. The molecule has 12 heavy (non-hydrogen) atoms. The summed E-state index contributed by atoms with van der Waals surface area (Å²) in [6, 6.07) is -0.00519. The Balaban J connectivity index is 3.37. The molecule has 0 saturated carbocycles. The number of hydrogen-bond donors (Lipinski definition) is 1. The zero-order chi connectivity index (χ0) is 9.30. The van der Waals surface area contributed by atoms with Crippen molar-refractivity contribution in [2.45, 2.75) is 19.9 Å². The molecule has 0 aliphatic heterocycles. The van der Waals surface area contributed by atoms with Crippen LogP contribution in [-0.2, 0) is 0 Å². The Kier molecular flexibility index (Phi) is 2.52. The minimum absolute atomic E-state index is 0.00519. The molecule has 0 aliphatic carbocycles. The van der Waals surface area contributed by atoms with E-state index in [2.05, 4.69) is 21.0 Å². The third-order valence-electron chi connectivity index (χ3n) is 1.41. The number of aromatic nitrogens is 2. The van der Waals surface area contributed by atoms with E-state index in [4.69, 9.17) is 5.11 Å². The summed E-state index contributed by atoms with van der Waals surface area (Å²) < 4.78 is 1.45. The van der Waals surface area contributed by atoms with Crippen LogP contribution in [-0.4, -0.2) is 14.9 Å². The molecular formula is C7H9BrN2O2. The maximum Gasteiger partial charge on any atom is 0.285 e. The fourth-order valence-corrected chi connectivity index (χ4v) is 1.09. The van der Waals surface area contributed by atoms with Crippen molar-refractivity contribution < 1.29 is 5.11 Å². The first kappa shape index (κ1) is 9.25. The summed E-state index contributed by atoms with van der Waals surface area (Å²) in [7, 11) is 0. The van der Waals surface area contributed by atoms with Crippen LogP contribution < -0.4 is 5.56 Å². The van der Waals surface area contributed by atoms with Gasteiger partial charge >= 0.3 is 0 Å². The highest BCUT2D eigenvalue weighted by atomic mass is 79.9. The fraction of sp³-hybridized carbons (Fsp3) is 0.429. The van der Waals surface area contributed by atoms with Crippen LogP contribution in [0.5, 0.6) is 5.75 Å². The van der Waals surface area contributed by atoms with Gasteiger partial charge in [-0.2, -0.15) is 5.10 Å². The van der Waals surface area contributed by atoms with Gasteiger partial charge in [-0.15, -0.1) is 0 Å². The van der Waals surface area contributed by atoms with E-state index in [0.29, 0.717) is 0 Å².